The van der Waals surface area contributed by atoms with E-state index in [4.69, 9.17) is 19.3 Å². The molecule has 0 spiro atoms. The van der Waals surface area contributed by atoms with Gasteiger partial charge >= 0.3 is 11.6 Å². The summed E-state index contributed by atoms with van der Waals surface area (Å²) in [6.45, 7) is 19.6. The summed E-state index contributed by atoms with van der Waals surface area (Å²) in [7, 11) is -4.24. The normalized spacial score (nSPS) is 25.3. The predicted octanol–water partition coefficient (Wildman–Crippen LogP) is 4.16. The minimum atomic E-state index is -3.49. The summed E-state index contributed by atoms with van der Waals surface area (Å²) in [5.74, 6) is -3.53. The molecule has 0 amide bonds. The van der Waals surface area contributed by atoms with Crippen LogP contribution in [-0.2, 0) is 13.6 Å². The van der Waals surface area contributed by atoms with Gasteiger partial charge in [0.2, 0.25) is 6.23 Å². The SMILES string of the molecule is C[SiH](C)OC([C@H]1O[C@@H](n2ccc(N)nc2=O)C(F)(F)[C@@H]1O[Si](C)(C)C(C)(C)C)C(C)(C)C. The predicted molar refractivity (Wildman–Crippen MR) is 127 cm³/mol. The van der Waals surface area contributed by atoms with Gasteiger partial charge in [0.25, 0.3) is 0 Å². The van der Waals surface area contributed by atoms with E-state index in [2.05, 4.69) is 4.98 Å². The van der Waals surface area contributed by atoms with Gasteiger partial charge < -0.3 is 19.3 Å². The average Bonchev–Trinajstić information content (AvgIpc) is 2.81. The molecular formula is C21H39F2N3O4Si2. The van der Waals surface area contributed by atoms with Crippen LogP contribution in [0.1, 0.15) is 47.8 Å². The lowest BCUT2D eigenvalue weighted by atomic mass is 9.84. The number of hydrogen-bond donors (Lipinski definition) is 1. The minimum Gasteiger partial charge on any atom is -0.414 e. The van der Waals surface area contributed by atoms with Crippen molar-refractivity contribution in [2.24, 2.45) is 5.41 Å². The van der Waals surface area contributed by atoms with E-state index in [1.807, 2.05) is 67.7 Å². The molecular weight excluding hydrogens is 452 g/mol. The molecule has 1 aromatic heterocycles. The Kier molecular flexibility index (Phi) is 7.54. The lowest BCUT2D eigenvalue weighted by Gasteiger charge is -2.43. The van der Waals surface area contributed by atoms with Crippen molar-refractivity contribution in [1.29, 1.82) is 0 Å². The smallest absolute Gasteiger partial charge is 0.351 e. The number of alkyl halides is 2. The molecule has 11 heteroatoms. The van der Waals surface area contributed by atoms with Gasteiger partial charge in [-0.15, -0.1) is 0 Å². The fourth-order valence-corrected chi connectivity index (χ4v) is 5.89. The highest BCUT2D eigenvalue weighted by molar-refractivity contribution is 6.74. The summed E-state index contributed by atoms with van der Waals surface area (Å²) in [6, 6.07) is 1.30. The number of nitrogen functional groups attached to an aromatic ring is 1. The Labute approximate surface area is 192 Å². The van der Waals surface area contributed by atoms with Crippen LogP contribution in [0.3, 0.4) is 0 Å². The maximum absolute atomic E-state index is 16.0. The van der Waals surface area contributed by atoms with Crippen molar-refractivity contribution < 1.29 is 22.4 Å². The Morgan fingerprint density at radius 3 is 2.25 bits per heavy atom. The van der Waals surface area contributed by atoms with Crippen LogP contribution in [-0.4, -0.2) is 51.1 Å². The molecule has 0 aromatic carbocycles. The fraction of sp³-hybridized carbons (Fsp3) is 0.810. The molecule has 2 rings (SSSR count). The summed E-state index contributed by atoms with van der Waals surface area (Å²) in [5, 5.41) is -0.295. The van der Waals surface area contributed by atoms with Gasteiger partial charge in [-0.2, -0.15) is 13.8 Å². The van der Waals surface area contributed by atoms with Gasteiger partial charge in [-0.05, 0) is 42.7 Å². The second-order valence-corrected chi connectivity index (χ2v) is 18.6. The molecule has 7 nitrogen and oxygen atoms in total. The van der Waals surface area contributed by atoms with E-state index in [1.165, 1.54) is 12.3 Å². The third kappa shape index (κ3) is 5.49. The summed E-state index contributed by atoms with van der Waals surface area (Å²) in [5.41, 5.74) is 4.16. The van der Waals surface area contributed by atoms with Crippen molar-refractivity contribution in [3.05, 3.63) is 22.7 Å². The van der Waals surface area contributed by atoms with Gasteiger partial charge in [0.05, 0.1) is 6.10 Å². The number of nitrogens with two attached hydrogens (primary N) is 1. The zero-order valence-corrected chi connectivity index (χ0v) is 23.1. The average molecular weight is 492 g/mol. The topological polar surface area (TPSA) is 88.6 Å². The summed E-state index contributed by atoms with van der Waals surface area (Å²) < 4.78 is 51.3. The molecule has 0 aliphatic carbocycles. The molecule has 0 bridgehead atoms. The fourth-order valence-electron chi connectivity index (χ4n) is 3.46. The molecule has 4 atom stereocenters. The van der Waals surface area contributed by atoms with Crippen molar-refractivity contribution in [2.75, 3.05) is 5.73 Å². The van der Waals surface area contributed by atoms with Crippen LogP contribution >= 0.6 is 0 Å². The maximum Gasteiger partial charge on any atom is 0.351 e. The molecule has 1 fully saturated rings. The van der Waals surface area contributed by atoms with Gasteiger partial charge in [-0.3, -0.25) is 4.57 Å². The largest absolute Gasteiger partial charge is 0.414 e. The van der Waals surface area contributed by atoms with Crippen LogP contribution in [0, 0.1) is 5.41 Å². The Hall–Kier alpha value is -1.15. The van der Waals surface area contributed by atoms with Gasteiger partial charge in [0, 0.05) is 6.20 Å². The Morgan fingerprint density at radius 1 is 1.25 bits per heavy atom. The van der Waals surface area contributed by atoms with Crippen LogP contribution in [0.2, 0.25) is 31.2 Å². The number of nitrogens with zero attached hydrogens (tertiary/aromatic N) is 2. The Morgan fingerprint density at radius 2 is 1.81 bits per heavy atom. The molecule has 2 N–H and O–H groups in total. The van der Waals surface area contributed by atoms with E-state index in [1.54, 1.807) is 0 Å². The standard InChI is InChI=1S/C21H39F2N3O4Si2/c1-19(2,3)15(29-31(7)8)14-16(30-32(9,10)20(4,5)6)21(22,23)17(28-14)26-12-11-13(24)25-18(26)27/h11-12,14-17,31H,1-10H3,(H2,24,25,27)/t14-,15?,16-,17-/m1/s1. The van der Waals surface area contributed by atoms with Crippen molar-refractivity contribution in [1.82, 2.24) is 9.55 Å². The molecule has 1 aliphatic heterocycles. The van der Waals surface area contributed by atoms with E-state index in [0.29, 0.717) is 0 Å². The van der Waals surface area contributed by atoms with Crippen molar-refractivity contribution in [2.45, 2.75) is 103 Å². The number of hydrogen-bond acceptors (Lipinski definition) is 6. The number of ether oxygens (including phenoxy) is 1. The number of halogens is 2. The molecule has 184 valence electrons. The van der Waals surface area contributed by atoms with E-state index < -0.39 is 58.9 Å². The van der Waals surface area contributed by atoms with E-state index in [9.17, 15) is 4.79 Å². The van der Waals surface area contributed by atoms with Crippen LogP contribution < -0.4 is 11.4 Å². The zero-order chi connectivity index (χ0) is 24.9. The first-order valence-corrected chi connectivity index (χ1v) is 16.7. The molecule has 32 heavy (non-hydrogen) atoms. The number of aromatic nitrogens is 2. The molecule has 0 saturated carbocycles. The lowest BCUT2D eigenvalue weighted by Crippen LogP contribution is -2.56. The second-order valence-electron chi connectivity index (χ2n) is 11.4. The van der Waals surface area contributed by atoms with Crippen molar-refractivity contribution in [3.8, 4) is 0 Å². The van der Waals surface area contributed by atoms with Gasteiger partial charge in [0.15, 0.2) is 17.4 Å². The molecule has 1 unspecified atom stereocenters. The van der Waals surface area contributed by atoms with Gasteiger partial charge in [-0.1, -0.05) is 41.5 Å². The zero-order valence-electron chi connectivity index (χ0n) is 20.9. The van der Waals surface area contributed by atoms with Gasteiger partial charge in [-0.25, -0.2) is 4.79 Å². The molecule has 0 radical (unpaired) electrons. The highest BCUT2D eigenvalue weighted by Crippen LogP contribution is 2.50. The van der Waals surface area contributed by atoms with Gasteiger partial charge in [0.1, 0.15) is 18.0 Å². The molecule has 1 aliphatic rings. The summed E-state index contributed by atoms with van der Waals surface area (Å²) >= 11 is 0. The summed E-state index contributed by atoms with van der Waals surface area (Å²) in [6.07, 6.45) is -3.96. The highest BCUT2D eigenvalue weighted by Gasteiger charge is 2.65. The van der Waals surface area contributed by atoms with Crippen LogP contribution in [0.4, 0.5) is 14.6 Å². The van der Waals surface area contributed by atoms with Crippen LogP contribution in [0.25, 0.3) is 0 Å². The third-order valence-corrected chi connectivity index (χ3v) is 11.5. The van der Waals surface area contributed by atoms with Crippen LogP contribution in [0.15, 0.2) is 17.1 Å². The van der Waals surface area contributed by atoms with E-state index in [-0.39, 0.29) is 10.9 Å². The number of anilines is 1. The quantitative estimate of drug-likeness (QED) is 0.601. The first-order valence-electron chi connectivity index (χ1n) is 11.0. The number of rotatable bonds is 6. The minimum absolute atomic E-state index is 0.0418. The second kappa shape index (κ2) is 8.90. The summed E-state index contributed by atoms with van der Waals surface area (Å²) in [4.78, 5) is 16.0. The highest BCUT2D eigenvalue weighted by atomic mass is 28.4. The lowest BCUT2D eigenvalue weighted by molar-refractivity contribution is -0.140. The van der Waals surface area contributed by atoms with Crippen molar-refractivity contribution in [3.63, 3.8) is 0 Å². The monoisotopic (exact) mass is 491 g/mol. The first-order chi connectivity index (χ1) is 14.3. The Bertz CT molecular complexity index is 866. The maximum atomic E-state index is 16.0. The molecule has 2 heterocycles. The third-order valence-electron chi connectivity index (χ3n) is 6.20. The van der Waals surface area contributed by atoms with Crippen molar-refractivity contribution >= 4 is 23.2 Å². The van der Waals surface area contributed by atoms with Crippen LogP contribution in [0.5, 0.6) is 0 Å². The first kappa shape index (κ1) is 27.1. The molecule has 1 aromatic rings. The van der Waals surface area contributed by atoms with E-state index >= 15 is 8.78 Å². The molecule has 1 saturated heterocycles. The van der Waals surface area contributed by atoms with E-state index in [0.717, 1.165) is 4.57 Å². The Balaban J connectivity index is 2.63.